The van der Waals surface area contributed by atoms with Crippen molar-refractivity contribution >= 4 is 17.4 Å². The fourth-order valence-corrected chi connectivity index (χ4v) is 2.93. The zero-order chi connectivity index (χ0) is 14.7. The number of halogens is 2. The Morgan fingerprint density at radius 1 is 1.10 bits per heavy atom. The van der Waals surface area contributed by atoms with Gasteiger partial charge in [-0.05, 0) is 35.4 Å². The molecule has 3 rings (SSSR count). The third-order valence-corrected chi connectivity index (χ3v) is 4.12. The monoisotopic (exact) mass is 307 g/mol. The van der Waals surface area contributed by atoms with E-state index in [1.165, 1.54) is 11.1 Å². The lowest BCUT2D eigenvalue weighted by Crippen LogP contribution is -2.23. The summed E-state index contributed by atoms with van der Waals surface area (Å²) in [5.74, 6) is -2.39. The van der Waals surface area contributed by atoms with Crippen LogP contribution < -0.4 is 5.32 Å². The Bertz CT molecular complexity index is 603. The molecule has 1 aliphatic rings. The summed E-state index contributed by atoms with van der Waals surface area (Å²) in [5.41, 5.74) is 3.32. The topological polar surface area (TPSA) is 21.3 Å². The normalized spacial score (nSPS) is 17.6. The molecule has 0 radical (unpaired) electrons. The molecule has 110 valence electrons. The summed E-state index contributed by atoms with van der Waals surface area (Å²) in [6.45, 7) is 1.24. The Hall–Kier alpha value is -1.59. The van der Waals surface area contributed by atoms with Crippen LogP contribution in [0.25, 0.3) is 0 Å². The maximum atomic E-state index is 12.3. The van der Waals surface area contributed by atoms with Crippen molar-refractivity contribution in [1.29, 1.82) is 0 Å². The molecule has 0 fully saturated rings. The number of hydrogen-bond donors (Lipinski definition) is 1. The summed E-state index contributed by atoms with van der Waals surface area (Å²) in [4.78, 5) is 0.566. The molecule has 2 nitrogen and oxygen atoms in total. The van der Waals surface area contributed by atoms with E-state index in [-0.39, 0.29) is 6.04 Å². The molecule has 1 unspecified atom stereocenters. The van der Waals surface area contributed by atoms with Gasteiger partial charge in [0.05, 0.1) is 19.3 Å². The van der Waals surface area contributed by atoms with Crippen molar-refractivity contribution in [2.24, 2.45) is 0 Å². The molecule has 0 amide bonds. The van der Waals surface area contributed by atoms with E-state index in [2.05, 4.69) is 17.4 Å². The maximum absolute atomic E-state index is 12.3. The van der Waals surface area contributed by atoms with E-state index < -0.39 is 5.76 Å². The third-order valence-electron chi connectivity index (χ3n) is 3.39. The van der Waals surface area contributed by atoms with Crippen LogP contribution in [0.4, 0.5) is 14.5 Å². The van der Waals surface area contributed by atoms with E-state index in [9.17, 15) is 8.78 Å². The van der Waals surface area contributed by atoms with E-state index in [1.54, 1.807) is 12.1 Å². The van der Waals surface area contributed by atoms with E-state index in [1.807, 2.05) is 24.3 Å². The van der Waals surface area contributed by atoms with Gasteiger partial charge in [0, 0.05) is 10.6 Å². The van der Waals surface area contributed by atoms with E-state index in [0.717, 1.165) is 5.69 Å². The maximum Gasteiger partial charge on any atom is 0.288 e. The van der Waals surface area contributed by atoms with Gasteiger partial charge in [0.25, 0.3) is 5.76 Å². The van der Waals surface area contributed by atoms with Gasteiger partial charge in [-0.25, -0.2) is 0 Å². The van der Waals surface area contributed by atoms with Crippen LogP contribution in [0.15, 0.2) is 53.4 Å². The number of thioether (sulfide) groups is 1. The van der Waals surface area contributed by atoms with Gasteiger partial charge >= 0.3 is 0 Å². The van der Waals surface area contributed by atoms with Gasteiger partial charge in [0.1, 0.15) is 0 Å². The van der Waals surface area contributed by atoms with Crippen LogP contribution in [0.5, 0.6) is 0 Å². The average Bonchev–Trinajstić information content (AvgIpc) is 2.49. The zero-order valence-corrected chi connectivity index (χ0v) is 12.1. The van der Waals surface area contributed by atoms with Crippen molar-refractivity contribution < 1.29 is 13.5 Å². The molecule has 5 heteroatoms. The van der Waals surface area contributed by atoms with Crippen molar-refractivity contribution in [2.45, 2.75) is 23.3 Å². The van der Waals surface area contributed by atoms with E-state index in [0.29, 0.717) is 29.9 Å². The first-order valence-electron chi connectivity index (χ1n) is 6.69. The van der Waals surface area contributed by atoms with Crippen LogP contribution in [-0.4, -0.2) is 12.4 Å². The Morgan fingerprint density at radius 3 is 2.62 bits per heavy atom. The Labute approximate surface area is 126 Å². The first-order valence-corrected chi connectivity index (χ1v) is 7.57. The van der Waals surface area contributed by atoms with Crippen molar-refractivity contribution in [2.75, 3.05) is 11.9 Å². The number of nitrogens with one attached hydrogen (secondary N) is 1. The highest BCUT2D eigenvalue weighted by Gasteiger charge is 2.19. The minimum absolute atomic E-state index is 0.0866. The summed E-state index contributed by atoms with van der Waals surface area (Å²) in [6, 6.07) is 15.3. The Kier molecular flexibility index (Phi) is 4.41. The van der Waals surface area contributed by atoms with Crippen molar-refractivity contribution in [3.05, 3.63) is 59.7 Å². The predicted octanol–water partition coefficient (Wildman–Crippen LogP) is 4.68. The van der Waals surface area contributed by atoms with E-state index in [4.69, 9.17) is 4.74 Å². The van der Waals surface area contributed by atoms with Crippen LogP contribution in [0, 0.1) is 0 Å². The number of anilines is 1. The molecule has 1 N–H and O–H groups in total. The van der Waals surface area contributed by atoms with Crippen LogP contribution in [0.2, 0.25) is 0 Å². The minimum Gasteiger partial charge on any atom is -0.376 e. The lowest BCUT2D eigenvalue weighted by molar-refractivity contribution is 0.0970. The van der Waals surface area contributed by atoms with Gasteiger partial charge < -0.3 is 10.1 Å². The number of hydrogen-bond acceptors (Lipinski definition) is 3. The summed E-state index contributed by atoms with van der Waals surface area (Å²) in [7, 11) is 0. The zero-order valence-electron chi connectivity index (χ0n) is 11.3. The predicted molar refractivity (Wildman–Crippen MR) is 80.8 cm³/mol. The molecule has 21 heavy (non-hydrogen) atoms. The second-order valence-electron chi connectivity index (χ2n) is 4.81. The van der Waals surface area contributed by atoms with Gasteiger partial charge in [0.15, 0.2) is 0 Å². The molecular weight excluding hydrogens is 292 g/mol. The van der Waals surface area contributed by atoms with Crippen LogP contribution in [0.3, 0.4) is 0 Å². The molecule has 0 aromatic heterocycles. The van der Waals surface area contributed by atoms with Crippen molar-refractivity contribution in [3.8, 4) is 0 Å². The van der Waals surface area contributed by atoms with Gasteiger partial charge in [0.2, 0.25) is 0 Å². The highest BCUT2D eigenvalue weighted by atomic mass is 32.2. The Balaban J connectivity index is 1.73. The van der Waals surface area contributed by atoms with E-state index >= 15 is 0 Å². The number of benzene rings is 2. The fourth-order valence-electron chi connectivity index (χ4n) is 2.44. The van der Waals surface area contributed by atoms with Crippen molar-refractivity contribution in [1.82, 2.24) is 0 Å². The average molecular weight is 307 g/mol. The molecule has 1 atom stereocenters. The lowest BCUT2D eigenvalue weighted by Gasteiger charge is -2.27. The van der Waals surface area contributed by atoms with Crippen molar-refractivity contribution in [3.63, 3.8) is 0 Å². The standard InChI is InChI=1S/C16H15F2NOS/c17-16(18)21-13-7-5-12(6-8-13)19-15-10-20-9-11-3-1-2-4-14(11)15/h1-8,15-16,19H,9-10H2. The molecular formula is C16H15F2NOS. The number of fused-ring (bicyclic) bond motifs is 1. The third kappa shape index (κ3) is 3.54. The first kappa shape index (κ1) is 14.4. The molecule has 0 spiro atoms. The number of alkyl halides is 2. The smallest absolute Gasteiger partial charge is 0.288 e. The first-order chi connectivity index (χ1) is 10.2. The van der Waals surface area contributed by atoms with Gasteiger partial charge in [-0.3, -0.25) is 0 Å². The van der Waals surface area contributed by atoms with Gasteiger partial charge in [-0.15, -0.1) is 0 Å². The second-order valence-corrected chi connectivity index (χ2v) is 5.88. The van der Waals surface area contributed by atoms with Crippen LogP contribution in [0.1, 0.15) is 17.2 Å². The fraction of sp³-hybridized carbons (Fsp3) is 0.250. The molecule has 0 saturated carbocycles. The molecule has 0 aliphatic carbocycles. The molecule has 2 aromatic rings. The number of ether oxygens (including phenoxy) is 1. The number of rotatable bonds is 4. The summed E-state index contributed by atoms with van der Waals surface area (Å²) >= 11 is 0.556. The largest absolute Gasteiger partial charge is 0.376 e. The van der Waals surface area contributed by atoms with Crippen LogP contribution >= 0.6 is 11.8 Å². The summed E-state index contributed by atoms with van der Waals surface area (Å²) in [5, 5.41) is 3.40. The molecule has 0 saturated heterocycles. The Morgan fingerprint density at radius 2 is 1.86 bits per heavy atom. The minimum atomic E-state index is -2.39. The lowest BCUT2D eigenvalue weighted by atomic mass is 9.99. The van der Waals surface area contributed by atoms with Gasteiger partial charge in [-0.2, -0.15) is 8.78 Å². The quantitative estimate of drug-likeness (QED) is 0.828. The van der Waals surface area contributed by atoms with Crippen LogP contribution in [-0.2, 0) is 11.3 Å². The molecule has 1 aliphatic heterocycles. The molecule has 2 aromatic carbocycles. The van der Waals surface area contributed by atoms with Gasteiger partial charge in [-0.1, -0.05) is 36.0 Å². The summed E-state index contributed by atoms with van der Waals surface area (Å²) in [6.07, 6.45) is 0. The highest BCUT2D eigenvalue weighted by Crippen LogP contribution is 2.30. The molecule has 0 bridgehead atoms. The summed E-state index contributed by atoms with van der Waals surface area (Å²) < 4.78 is 30.2. The highest BCUT2D eigenvalue weighted by molar-refractivity contribution is 7.99. The SMILES string of the molecule is FC(F)Sc1ccc(NC2COCc3ccccc32)cc1. The molecule has 1 heterocycles. The second kappa shape index (κ2) is 6.45.